The zero-order valence-corrected chi connectivity index (χ0v) is 13.2. The van der Waals surface area contributed by atoms with Crippen molar-refractivity contribution in [3.8, 4) is 0 Å². The third-order valence-corrected chi connectivity index (χ3v) is 3.73. The van der Waals surface area contributed by atoms with E-state index in [0.29, 0.717) is 11.1 Å². The van der Waals surface area contributed by atoms with Gasteiger partial charge in [0.1, 0.15) is 11.6 Å². The maximum Gasteiger partial charge on any atom is 0.237 e. The molecule has 0 atom stereocenters. The second-order valence-electron chi connectivity index (χ2n) is 5.76. The number of amides is 1. The lowest BCUT2D eigenvalue weighted by atomic mass is 9.88. The van der Waals surface area contributed by atoms with Gasteiger partial charge in [0.2, 0.25) is 5.91 Å². The molecule has 2 aromatic rings. The Morgan fingerprint density at radius 3 is 1.91 bits per heavy atom. The summed E-state index contributed by atoms with van der Waals surface area (Å²) in [5, 5.41) is 1.14. The van der Waals surface area contributed by atoms with E-state index in [1.54, 1.807) is 38.1 Å². The summed E-state index contributed by atoms with van der Waals surface area (Å²) in [7, 11) is 0. The molecule has 0 radical (unpaired) electrons. The van der Waals surface area contributed by atoms with Crippen LogP contribution < -0.4 is 5.84 Å². The number of hydrogen-bond acceptors (Lipinski definition) is 2. The number of carbonyl (C=O) groups is 1. The van der Waals surface area contributed by atoms with Gasteiger partial charge in [0.25, 0.3) is 0 Å². The lowest BCUT2D eigenvalue weighted by molar-refractivity contribution is -0.133. The summed E-state index contributed by atoms with van der Waals surface area (Å²) in [4.78, 5) is 12.3. The van der Waals surface area contributed by atoms with Crippen LogP contribution in [0.3, 0.4) is 0 Å². The van der Waals surface area contributed by atoms with Crippen LogP contribution in [0.1, 0.15) is 37.3 Å². The van der Waals surface area contributed by atoms with E-state index in [4.69, 9.17) is 5.84 Å². The van der Waals surface area contributed by atoms with Gasteiger partial charge >= 0.3 is 0 Å². The molecular weight excluding hydrogens is 298 g/mol. The Kier molecular flexibility index (Phi) is 5.45. The molecule has 2 rings (SSSR count). The molecule has 2 N–H and O–H groups in total. The normalized spacial score (nSPS) is 11.1. The number of nitrogens with two attached hydrogens (primary N) is 1. The molecule has 0 fully saturated rings. The first-order valence-corrected chi connectivity index (χ1v) is 7.46. The highest BCUT2D eigenvalue weighted by Crippen LogP contribution is 2.29. The minimum Gasteiger partial charge on any atom is -0.278 e. The number of hydrogen-bond donors (Lipinski definition) is 1. The van der Waals surface area contributed by atoms with Gasteiger partial charge in [-0.15, -0.1) is 0 Å². The number of rotatable bonds is 5. The molecule has 23 heavy (non-hydrogen) atoms. The summed E-state index contributed by atoms with van der Waals surface area (Å²) in [5.74, 6) is 4.22. The highest BCUT2D eigenvalue weighted by Gasteiger charge is 2.22. The molecule has 0 bridgehead atoms. The van der Waals surface area contributed by atoms with Crippen LogP contribution >= 0.6 is 0 Å². The number of benzene rings is 2. The highest BCUT2D eigenvalue weighted by atomic mass is 19.1. The van der Waals surface area contributed by atoms with Crippen LogP contribution in [-0.4, -0.2) is 17.0 Å². The molecule has 0 saturated carbocycles. The zero-order valence-electron chi connectivity index (χ0n) is 13.2. The predicted octanol–water partition coefficient (Wildman–Crippen LogP) is 3.60. The summed E-state index contributed by atoms with van der Waals surface area (Å²) in [5.41, 5.74) is 1.22. The van der Waals surface area contributed by atoms with Gasteiger partial charge in [-0.3, -0.25) is 9.80 Å². The molecule has 0 saturated heterocycles. The fourth-order valence-electron chi connectivity index (χ4n) is 2.44. The van der Waals surface area contributed by atoms with Crippen molar-refractivity contribution in [1.29, 1.82) is 0 Å². The molecule has 2 aromatic carbocycles. The Morgan fingerprint density at radius 1 is 1.04 bits per heavy atom. The first-order valence-electron chi connectivity index (χ1n) is 7.46. The molecule has 0 aliphatic heterocycles. The Labute approximate surface area is 134 Å². The average molecular weight is 318 g/mol. The molecule has 0 aliphatic carbocycles. The van der Waals surface area contributed by atoms with E-state index in [1.807, 2.05) is 0 Å². The third-order valence-electron chi connectivity index (χ3n) is 3.73. The average Bonchev–Trinajstić information content (AvgIpc) is 2.51. The second-order valence-corrected chi connectivity index (χ2v) is 5.76. The number of carbonyl (C=O) groups excluding carboxylic acids is 1. The van der Waals surface area contributed by atoms with Gasteiger partial charge in [-0.1, -0.05) is 24.3 Å². The zero-order chi connectivity index (χ0) is 17.0. The minimum absolute atomic E-state index is 0.0432. The lowest BCUT2D eigenvalue weighted by Gasteiger charge is -2.24. The van der Waals surface area contributed by atoms with Gasteiger partial charge in [0, 0.05) is 18.4 Å². The Morgan fingerprint density at radius 2 is 1.52 bits per heavy atom. The van der Waals surface area contributed by atoms with Crippen LogP contribution in [0.5, 0.6) is 0 Å². The molecule has 0 spiro atoms. The number of halogens is 2. The molecule has 5 heteroatoms. The smallest absolute Gasteiger partial charge is 0.237 e. The summed E-state index contributed by atoms with van der Waals surface area (Å²) < 4.78 is 27.1. The standard InChI is InChI=1S/C18H20F2N2O/c1-12(2)22(21)18(23)11-17(13-5-3-7-15(19)9-13)14-6-4-8-16(20)10-14/h3-10,12,17H,11,21H2,1-2H3. The van der Waals surface area contributed by atoms with Crippen molar-refractivity contribution in [2.24, 2.45) is 5.84 Å². The summed E-state index contributed by atoms with van der Waals surface area (Å²) >= 11 is 0. The van der Waals surface area contributed by atoms with Gasteiger partial charge in [0.05, 0.1) is 0 Å². The van der Waals surface area contributed by atoms with E-state index in [0.717, 1.165) is 5.01 Å². The fraction of sp³-hybridized carbons (Fsp3) is 0.278. The molecule has 3 nitrogen and oxygen atoms in total. The van der Waals surface area contributed by atoms with E-state index < -0.39 is 17.6 Å². The Hall–Kier alpha value is -2.27. The Bertz CT molecular complexity index is 643. The van der Waals surface area contributed by atoms with Crippen molar-refractivity contribution in [2.75, 3.05) is 0 Å². The summed E-state index contributed by atoms with van der Waals surface area (Å²) in [6.07, 6.45) is 0.0432. The van der Waals surface area contributed by atoms with Crippen LogP contribution in [0, 0.1) is 11.6 Å². The molecule has 0 heterocycles. The monoisotopic (exact) mass is 318 g/mol. The van der Waals surface area contributed by atoms with Gasteiger partial charge in [0.15, 0.2) is 0 Å². The molecule has 0 aliphatic rings. The van der Waals surface area contributed by atoms with E-state index >= 15 is 0 Å². The molecular formula is C18H20F2N2O. The number of nitrogens with zero attached hydrogens (tertiary/aromatic N) is 1. The predicted molar refractivity (Wildman–Crippen MR) is 85.4 cm³/mol. The van der Waals surface area contributed by atoms with Crippen LogP contribution in [0.25, 0.3) is 0 Å². The molecule has 1 amide bonds. The van der Waals surface area contributed by atoms with E-state index in [1.165, 1.54) is 24.3 Å². The molecule has 122 valence electrons. The van der Waals surface area contributed by atoms with Gasteiger partial charge in [-0.05, 0) is 49.2 Å². The molecule has 0 aromatic heterocycles. The van der Waals surface area contributed by atoms with Gasteiger partial charge < -0.3 is 0 Å². The maximum atomic E-state index is 13.6. The van der Waals surface area contributed by atoms with Crippen LogP contribution in [0.2, 0.25) is 0 Å². The van der Waals surface area contributed by atoms with Gasteiger partial charge in [-0.2, -0.15) is 0 Å². The highest BCUT2D eigenvalue weighted by molar-refractivity contribution is 5.77. The number of hydrazine groups is 1. The Balaban J connectivity index is 2.38. The minimum atomic E-state index is -0.460. The lowest BCUT2D eigenvalue weighted by Crippen LogP contribution is -2.43. The first kappa shape index (κ1) is 17.1. The van der Waals surface area contributed by atoms with Crippen LogP contribution in [-0.2, 0) is 4.79 Å². The molecule has 0 unspecified atom stereocenters. The quantitative estimate of drug-likeness (QED) is 0.520. The summed E-state index contributed by atoms with van der Waals surface area (Å²) in [6.45, 7) is 3.61. The largest absolute Gasteiger partial charge is 0.278 e. The van der Waals surface area contributed by atoms with Crippen molar-refractivity contribution >= 4 is 5.91 Å². The maximum absolute atomic E-state index is 13.6. The second kappa shape index (κ2) is 7.33. The summed E-state index contributed by atoms with van der Waals surface area (Å²) in [6, 6.07) is 11.8. The SMILES string of the molecule is CC(C)N(N)C(=O)CC(c1cccc(F)c1)c1cccc(F)c1. The first-order chi connectivity index (χ1) is 10.9. The van der Waals surface area contributed by atoms with Crippen molar-refractivity contribution in [1.82, 2.24) is 5.01 Å². The van der Waals surface area contributed by atoms with Crippen molar-refractivity contribution in [2.45, 2.75) is 32.2 Å². The topological polar surface area (TPSA) is 46.3 Å². The van der Waals surface area contributed by atoms with Crippen LogP contribution in [0.4, 0.5) is 8.78 Å². The third kappa shape index (κ3) is 4.36. The van der Waals surface area contributed by atoms with Gasteiger partial charge in [-0.25, -0.2) is 14.6 Å². The van der Waals surface area contributed by atoms with E-state index in [-0.39, 0.29) is 18.4 Å². The fourth-order valence-corrected chi connectivity index (χ4v) is 2.44. The van der Waals surface area contributed by atoms with Crippen molar-refractivity contribution in [3.63, 3.8) is 0 Å². The van der Waals surface area contributed by atoms with Crippen molar-refractivity contribution < 1.29 is 13.6 Å². The van der Waals surface area contributed by atoms with Crippen molar-refractivity contribution in [3.05, 3.63) is 71.3 Å². The van der Waals surface area contributed by atoms with Crippen LogP contribution in [0.15, 0.2) is 48.5 Å². The van der Waals surface area contributed by atoms with E-state index in [2.05, 4.69) is 0 Å². The van der Waals surface area contributed by atoms with E-state index in [9.17, 15) is 13.6 Å².